The van der Waals surface area contributed by atoms with Gasteiger partial charge in [-0.1, -0.05) is 53.5 Å². The van der Waals surface area contributed by atoms with Gasteiger partial charge >= 0.3 is 0 Å². The van der Waals surface area contributed by atoms with Crippen LogP contribution >= 0.6 is 34.5 Å². The Hall–Kier alpha value is -1.88. The van der Waals surface area contributed by atoms with Crippen LogP contribution in [0, 0.1) is 0 Å². The molecule has 23 heavy (non-hydrogen) atoms. The molecule has 3 aromatic rings. The number of hydrogen-bond donors (Lipinski definition) is 1. The summed E-state index contributed by atoms with van der Waals surface area (Å²) in [4.78, 5) is 12.8. The van der Waals surface area contributed by atoms with E-state index in [1.54, 1.807) is 12.1 Å². The number of nitrogens with zero attached hydrogens (tertiary/aromatic N) is 1. The first-order valence-electron chi connectivity index (χ1n) is 6.84. The smallest absolute Gasteiger partial charge is 0.266 e. The lowest BCUT2D eigenvalue weighted by molar-refractivity contribution is 0.0959. The van der Waals surface area contributed by atoms with Gasteiger partial charge in [0, 0.05) is 15.1 Å². The zero-order valence-electron chi connectivity index (χ0n) is 12.1. The molecule has 0 aliphatic rings. The van der Waals surface area contributed by atoms with Gasteiger partial charge in [0.1, 0.15) is 4.88 Å². The summed E-state index contributed by atoms with van der Waals surface area (Å²) in [5.74, 6) is -0.315. The second-order valence-corrected chi connectivity index (χ2v) is 6.75. The Balaban J connectivity index is 1.81. The first-order valence-corrected chi connectivity index (χ1v) is 8.41. The first-order chi connectivity index (χ1) is 11.1. The number of rotatable bonds is 3. The molecule has 6 heteroatoms. The standard InChI is InChI=1S/C17H12Cl2N2OS/c1-10(11-6-8-12(18)9-7-11)20-21-17(22)16-15(19)13-4-2-3-5-14(13)23-16/h2-9H,1H3,(H,21,22)/b20-10+. The van der Waals surface area contributed by atoms with E-state index in [4.69, 9.17) is 23.2 Å². The first kappa shape index (κ1) is 16.0. The third kappa shape index (κ3) is 3.39. The van der Waals surface area contributed by atoms with E-state index < -0.39 is 0 Å². The Morgan fingerprint density at radius 1 is 1.09 bits per heavy atom. The van der Waals surface area contributed by atoms with Gasteiger partial charge in [0.25, 0.3) is 5.91 Å². The maximum absolute atomic E-state index is 12.3. The predicted molar refractivity (Wildman–Crippen MR) is 98.0 cm³/mol. The molecule has 0 saturated carbocycles. The number of halogens is 2. The topological polar surface area (TPSA) is 41.5 Å². The number of thiophene rings is 1. The Morgan fingerprint density at radius 2 is 1.78 bits per heavy atom. The second kappa shape index (κ2) is 6.71. The van der Waals surface area contributed by atoms with Crippen LogP contribution < -0.4 is 5.43 Å². The molecule has 0 saturated heterocycles. The van der Waals surface area contributed by atoms with Gasteiger partial charge in [-0.15, -0.1) is 11.3 Å². The van der Waals surface area contributed by atoms with Crippen molar-refractivity contribution in [1.29, 1.82) is 0 Å². The van der Waals surface area contributed by atoms with Gasteiger partial charge in [-0.2, -0.15) is 5.10 Å². The molecular weight excluding hydrogens is 351 g/mol. The molecule has 0 atom stereocenters. The number of carbonyl (C=O) groups is 1. The van der Waals surface area contributed by atoms with Crippen LogP contribution in [0.1, 0.15) is 22.2 Å². The van der Waals surface area contributed by atoms with Crippen LogP contribution in [0.2, 0.25) is 10.0 Å². The molecule has 3 rings (SSSR count). The van der Waals surface area contributed by atoms with E-state index in [0.717, 1.165) is 15.6 Å². The van der Waals surface area contributed by atoms with Crippen molar-refractivity contribution in [2.24, 2.45) is 5.10 Å². The number of fused-ring (bicyclic) bond motifs is 1. The summed E-state index contributed by atoms with van der Waals surface area (Å²) < 4.78 is 0.973. The number of amides is 1. The van der Waals surface area contributed by atoms with Crippen molar-refractivity contribution in [1.82, 2.24) is 5.43 Å². The highest BCUT2D eigenvalue weighted by Crippen LogP contribution is 2.34. The molecule has 1 aromatic heterocycles. The molecule has 0 unspecified atom stereocenters. The zero-order valence-corrected chi connectivity index (χ0v) is 14.5. The monoisotopic (exact) mass is 362 g/mol. The molecule has 0 aliphatic carbocycles. The molecule has 3 nitrogen and oxygen atoms in total. The van der Waals surface area contributed by atoms with Crippen molar-refractivity contribution < 1.29 is 4.79 Å². The van der Waals surface area contributed by atoms with Gasteiger partial charge in [0.2, 0.25) is 0 Å². The fourth-order valence-electron chi connectivity index (χ4n) is 2.10. The average Bonchev–Trinajstić information content (AvgIpc) is 2.90. The number of carbonyl (C=O) groups excluding carboxylic acids is 1. The van der Waals surface area contributed by atoms with Crippen LogP contribution in [-0.4, -0.2) is 11.6 Å². The molecule has 0 spiro atoms. The summed E-state index contributed by atoms with van der Waals surface area (Å²) in [7, 11) is 0. The lowest BCUT2D eigenvalue weighted by atomic mass is 10.1. The summed E-state index contributed by atoms with van der Waals surface area (Å²) in [5.41, 5.74) is 4.13. The molecular formula is C17H12Cl2N2OS. The van der Waals surface area contributed by atoms with E-state index in [-0.39, 0.29) is 5.91 Å². The molecule has 2 aromatic carbocycles. The predicted octanol–water partition coefficient (Wildman–Crippen LogP) is 5.36. The molecule has 0 bridgehead atoms. The Bertz CT molecular complexity index is 901. The van der Waals surface area contributed by atoms with Crippen molar-refractivity contribution >= 4 is 56.2 Å². The lowest BCUT2D eigenvalue weighted by Crippen LogP contribution is -2.18. The quantitative estimate of drug-likeness (QED) is 0.494. The number of nitrogens with one attached hydrogen (secondary N) is 1. The van der Waals surface area contributed by atoms with Crippen LogP contribution in [0.3, 0.4) is 0 Å². The minimum atomic E-state index is -0.315. The van der Waals surface area contributed by atoms with Gasteiger partial charge in [-0.3, -0.25) is 4.79 Å². The van der Waals surface area contributed by atoms with E-state index in [0.29, 0.717) is 20.6 Å². The maximum Gasteiger partial charge on any atom is 0.283 e. The van der Waals surface area contributed by atoms with Crippen molar-refractivity contribution in [3.63, 3.8) is 0 Å². The van der Waals surface area contributed by atoms with E-state index >= 15 is 0 Å². The van der Waals surface area contributed by atoms with E-state index in [9.17, 15) is 4.79 Å². The van der Waals surface area contributed by atoms with Crippen LogP contribution in [0.15, 0.2) is 53.6 Å². The molecule has 0 aliphatic heterocycles. The zero-order chi connectivity index (χ0) is 16.4. The Labute approximate surface area is 147 Å². The molecule has 0 fully saturated rings. The van der Waals surface area contributed by atoms with Crippen molar-refractivity contribution in [2.75, 3.05) is 0 Å². The normalized spacial score (nSPS) is 11.7. The van der Waals surface area contributed by atoms with Gasteiger partial charge in [-0.05, 0) is 30.7 Å². The van der Waals surface area contributed by atoms with Gasteiger partial charge in [0.15, 0.2) is 0 Å². The van der Waals surface area contributed by atoms with Crippen molar-refractivity contribution in [2.45, 2.75) is 6.92 Å². The molecule has 1 N–H and O–H groups in total. The van der Waals surface area contributed by atoms with Crippen LogP contribution in [0.4, 0.5) is 0 Å². The highest BCUT2D eigenvalue weighted by atomic mass is 35.5. The summed E-state index contributed by atoms with van der Waals surface area (Å²) in [5, 5.41) is 6.13. The maximum atomic E-state index is 12.3. The van der Waals surface area contributed by atoms with Crippen LogP contribution in [0.5, 0.6) is 0 Å². The summed E-state index contributed by atoms with van der Waals surface area (Å²) in [6.07, 6.45) is 0. The lowest BCUT2D eigenvalue weighted by Gasteiger charge is -2.02. The highest BCUT2D eigenvalue weighted by molar-refractivity contribution is 7.21. The molecule has 116 valence electrons. The minimum absolute atomic E-state index is 0.315. The SMILES string of the molecule is C/C(=N\NC(=O)c1sc2ccccc2c1Cl)c1ccc(Cl)cc1. The van der Waals surface area contributed by atoms with Crippen molar-refractivity contribution in [3.05, 3.63) is 69.0 Å². The number of hydrazone groups is 1. The van der Waals surface area contributed by atoms with Gasteiger partial charge in [0.05, 0.1) is 10.7 Å². The average molecular weight is 363 g/mol. The molecule has 1 heterocycles. The van der Waals surface area contributed by atoms with E-state index in [2.05, 4.69) is 10.5 Å². The third-order valence-electron chi connectivity index (χ3n) is 3.33. The summed E-state index contributed by atoms with van der Waals surface area (Å²) in [6, 6.07) is 14.9. The van der Waals surface area contributed by atoms with Crippen LogP contribution in [-0.2, 0) is 0 Å². The summed E-state index contributed by atoms with van der Waals surface area (Å²) in [6.45, 7) is 1.82. The second-order valence-electron chi connectivity index (χ2n) is 4.89. The van der Waals surface area contributed by atoms with Gasteiger partial charge in [-0.25, -0.2) is 5.43 Å². The Kier molecular flexibility index (Phi) is 4.66. The summed E-state index contributed by atoms with van der Waals surface area (Å²) >= 11 is 13.5. The number of benzene rings is 2. The largest absolute Gasteiger partial charge is 0.283 e. The third-order valence-corrected chi connectivity index (χ3v) is 5.25. The highest BCUT2D eigenvalue weighted by Gasteiger charge is 2.16. The van der Waals surface area contributed by atoms with Gasteiger partial charge < -0.3 is 0 Å². The van der Waals surface area contributed by atoms with E-state index in [1.807, 2.05) is 43.3 Å². The Morgan fingerprint density at radius 3 is 2.48 bits per heavy atom. The van der Waals surface area contributed by atoms with E-state index in [1.165, 1.54) is 11.3 Å². The number of hydrogen-bond acceptors (Lipinski definition) is 3. The fourth-order valence-corrected chi connectivity index (χ4v) is 3.63. The molecule has 0 radical (unpaired) electrons. The fraction of sp³-hybridized carbons (Fsp3) is 0.0588. The van der Waals surface area contributed by atoms with Crippen LogP contribution in [0.25, 0.3) is 10.1 Å². The minimum Gasteiger partial charge on any atom is -0.266 e. The molecule has 1 amide bonds. The van der Waals surface area contributed by atoms with Crippen molar-refractivity contribution in [3.8, 4) is 0 Å².